The number of ether oxygens (including phenoxy) is 1. The molecule has 28 heavy (non-hydrogen) atoms. The molecule has 2 aromatic rings. The largest absolute Gasteiger partial charge is 0.497 e. The van der Waals surface area contributed by atoms with Crippen molar-refractivity contribution in [3.8, 4) is 16.3 Å². The SMILES string of the molecule is CCCCC(=O)N[C@@H](C(=O)Nc1nnc(-c2cccc(OC)c2)s1)[C@H](C)CC. The average molecular weight is 405 g/mol. The maximum absolute atomic E-state index is 12.8. The molecule has 1 aromatic heterocycles. The number of unbranched alkanes of at least 4 members (excludes halogenated alkanes) is 1. The van der Waals surface area contributed by atoms with Crippen LogP contribution >= 0.6 is 11.3 Å². The second kappa shape index (κ2) is 10.8. The van der Waals surface area contributed by atoms with Gasteiger partial charge in [0.2, 0.25) is 16.9 Å². The summed E-state index contributed by atoms with van der Waals surface area (Å²) >= 11 is 1.28. The fourth-order valence-corrected chi connectivity index (χ4v) is 3.36. The van der Waals surface area contributed by atoms with Gasteiger partial charge in [0.15, 0.2) is 0 Å². The van der Waals surface area contributed by atoms with E-state index >= 15 is 0 Å². The highest BCUT2D eigenvalue weighted by atomic mass is 32.1. The van der Waals surface area contributed by atoms with Crippen molar-refractivity contribution in [1.82, 2.24) is 15.5 Å². The molecule has 0 radical (unpaired) electrons. The molecule has 8 heteroatoms. The predicted octanol–water partition coefficient (Wildman–Crippen LogP) is 3.87. The first-order valence-electron chi connectivity index (χ1n) is 9.56. The monoisotopic (exact) mass is 404 g/mol. The van der Waals surface area contributed by atoms with Crippen molar-refractivity contribution in [2.45, 2.75) is 52.5 Å². The molecule has 1 heterocycles. The highest BCUT2D eigenvalue weighted by Crippen LogP contribution is 2.29. The van der Waals surface area contributed by atoms with E-state index in [4.69, 9.17) is 4.74 Å². The van der Waals surface area contributed by atoms with E-state index in [1.807, 2.05) is 45.0 Å². The number of carbonyl (C=O) groups is 2. The quantitative estimate of drug-likeness (QED) is 0.627. The third-order valence-corrected chi connectivity index (χ3v) is 5.43. The number of nitrogens with one attached hydrogen (secondary N) is 2. The van der Waals surface area contributed by atoms with Gasteiger partial charge in [-0.3, -0.25) is 14.9 Å². The van der Waals surface area contributed by atoms with Crippen LogP contribution in [0.4, 0.5) is 5.13 Å². The molecule has 1 aromatic carbocycles. The van der Waals surface area contributed by atoms with Crippen LogP contribution in [0, 0.1) is 5.92 Å². The Bertz CT molecular complexity index is 793. The molecular weight excluding hydrogens is 376 g/mol. The first-order chi connectivity index (χ1) is 13.5. The smallest absolute Gasteiger partial charge is 0.249 e. The van der Waals surface area contributed by atoms with Crippen LogP contribution in [0.15, 0.2) is 24.3 Å². The molecule has 0 aliphatic rings. The van der Waals surface area contributed by atoms with E-state index in [9.17, 15) is 9.59 Å². The normalized spacial score (nSPS) is 12.9. The van der Waals surface area contributed by atoms with Crippen molar-refractivity contribution >= 4 is 28.3 Å². The lowest BCUT2D eigenvalue weighted by Crippen LogP contribution is -2.47. The van der Waals surface area contributed by atoms with E-state index in [0.717, 1.165) is 30.6 Å². The number of methoxy groups -OCH3 is 1. The van der Waals surface area contributed by atoms with Gasteiger partial charge in [-0.1, -0.05) is 57.1 Å². The van der Waals surface area contributed by atoms with Gasteiger partial charge in [0, 0.05) is 12.0 Å². The average Bonchev–Trinajstić information content (AvgIpc) is 3.18. The minimum atomic E-state index is -0.599. The Morgan fingerprint density at radius 2 is 2.04 bits per heavy atom. The summed E-state index contributed by atoms with van der Waals surface area (Å²) in [5.74, 6) is 0.366. The molecule has 2 atom stereocenters. The van der Waals surface area contributed by atoms with Crippen LogP contribution in [-0.4, -0.2) is 35.2 Å². The Morgan fingerprint density at radius 1 is 1.25 bits per heavy atom. The first-order valence-corrected chi connectivity index (χ1v) is 10.4. The molecule has 0 aliphatic heterocycles. The van der Waals surface area contributed by atoms with Crippen LogP contribution in [0.3, 0.4) is 0 Å². The van der Waals surface area contributed by atoms with E-state index in [0.29, 0.717) is 16.6 Å². The van der Waals surface area contributed by atoms with Crippen molar-refractivity contribution in [2.75, 3.05) is 12.4 Å². The zero-order chi connectivity index (χ0) is 20.5. The summed E-state index contributed by atoms with van der Waals surface area (Å²) in [7, 11) is 1.61. The molecule has 152 valence electrons. The molecule has 2 rings (SSSR count). The lowest BCUT2D eigenvalue weighted by atomic mass is 9.98. The molecule has 2 N–H and O–H groups in total. The number of amides is 2. The summed E-state index contributed by atoms with van der Waals surface area (Å²) in [5.41, 5.74) is 0.865. The molecule has 0 spiro atoms. The van der Waals surface area contributed by atoms with Gasteiger partial charge in [0.1, 0.15) is 16.8 Å². The van der Waals surface area contributed by atoms with Crippen LogP contribution in [0.5, 0.6) is 5.75 Å². The highest BCUT2D eigenvalue weighted by Gasteiger charge is 2.26. The van der Waals surface area contributed by atoms with Gasteiger partial charge in [-0.15, -0.1) is 10.2 Å². The Morgan fingerprint density at radius 3 is 2.71 bits per heavy atom. The van der Waals surface area contributed by atoms with Crippen molar-refractivity contribution in [1.29, 1.82) is 0 Å². The molecule has 0 saturated heterocycles. The second-order valence-corrected chi connectivity index (χ2v) is 7.65. The second-order valence-electron chi connectivity index (χ2n) is 6.67. The summed E-state index contributed by atoms with van der Waals surface area (Å²) in [4.78, 5) is 24.9. The number of rotatable bonds is 10. The zero-order valence-corrected chi connectivity index (χ0v) is 17.6. The van der Waals surface area contributed by atoms with Gasteiger partial charge >= 0.3 is 0 Å². The maximum atomic E-state index is 12.8. The molecule has 0 aliphatic carbocycles. The minimum Gasteiger partial charge on any atom is -0.497 e. The predicted molar refractivity (Wildman–Crippen MR) is 111 cm³/mol. The third kappa shape index (κ3) is 6.02. The van der Waals surface area contributed by atoms with Crippen LogP contribution in [-0.2, 0) is 9.59 Å². The van der Waals surface area contributed by atoms with E-state index in [1.54, 1.807) is 7.11 Å². The first kappa shape index (κ1) is 21.8. The van der Waals surface area contributed by atoms with Gasteiger partial charge in [-0.25, -0.2) is 0 Å². The third-order valence-electron chi connectivity index (χ3n) is 4.54. The Kier molecular flexibility index (Phi) is 8.38. The van der Waals surface area contributed by atoms with Crippen LogP contribution in [0.25, 0.3) is 10.6 Å². The number of nitrogens with zero attached hydrogens (tertiary/aromatic N) is 2. The molecule has 7 nitrogen and oxygen atoms in total. The Hall–Kier alpha value is -2.48. The number of carbonyl (C=O) groups excluding carboxylic acids is 2. The van der Waals surface area contributed by atoms with Gasteiger partial charge in [0.25, 0.3) is 0 Å². The van der Waals surface area contributed by atoms with Crippen molar-refractivity contribution < 1.29 is 14.3 Å². The number of hydrogen-bond acceptors (Lipinski definition) is 6. The molecular formula is C20H28N4O3S. The van der Waals surface area contributed by atoms with Crippen molar-refractivity contribution in [3.63, 3.8) is 0 Å². The summed E-state index contributed by atoms with van der Waals surface area (Å²) < 4.78 is 5.23. The number of aromatic nitrogens is 2. The lowest BCUT2D eigenvalue weighted by Gasteiger charge is -2.22. The molecule has 0 fully saturated rings. The Labute approximate surface area is 169 Å². The summed E-state index contributed by atoms with van der Waals surface area (Å²) in [6, 6.07) is 6.90. The maximum Gasteiger partial charge on any atom is 0.249 e. The number of anilines is 1. The Balaban J connectivity index is 2.08. The van der Waals surface area contributed by atoms with Gasteiger partial charge in [-0.05, 0) is 24.5 Å². The standard InChI is InChI=1S/C20H28N4O3S/c1-5-7-11-16(25)21-17(13(3)6-2)18(26)22-20-24-23-19(28-20)14-9-8-10-15(12-14)27-4/h8-10,12-13,17H,5-7,11H2,1-4H3,(H,21,25)(H,22,24,26)/t13-,17-/m1/s1. The lowest BCUT2D eigenvalue weighted by molar-refractivity contribution is -0.127. The van der Waals surface area contributed by atoms with E-state index in [-0.39, 0.29) is 17.7 Å². The molecule has 2 amide bonds. The van der Waals surface area contributed by atoms with Gasteiger partial charge in [-0.2, -0.15) is 0 Å². The fourth-order valence-electron chi connectivity index (χ4n) is 2.61. The fraction of sp³-hybridized carbons (Fsp3) is 0.500. The van der Waals surface area contributed by atoms with Crippen LogP contribution < -0.4 is 15.4 Å². The van der Waals surface area contributed by atoms with E-state index in [1.165, 1.54) is 11.3 Å². The summed E-state index contributed by atoms with van der Waals surface area (Å²) in [6.45, 7) is 5.97. The number of hydrogen-bond donors (Lipinski definition) is 2. The topological polar surface area (TPSA) is 93.2 Å². The summed E-state index contributed by atoms with van der Waals surface area (Å²) in [5, 5.41) is 15.0. The summed E-state index contributed by atoms with van der Waals surface area (Å²) in [6.07, 6.45) is 2.94. The minimum absolute atomic E-state index is 0.0105. The molecule has 0 unspecified atom stereocenters. The van der Waals surface area contributed by atoms with Crippen LogP contribution in [0.2, 0.25) is 0 Å². The van der Waals surface area contributed by atoms with Gasteiger partial charge < -0.3 is 10.1 Å². The van der Waals surface area contributed by atoms with E-state index < -0.39 is 6.04 Å². The molecule has 0 saturated carbocycles. The van der Waals surface area contributed by atoms with E-state index in [2.05, 4.69) is 20.8 Å². The molecule has 0 bridgehead atoms. The van der Waals surface area contributed by atoms with Gasteiger partial charge in [0.05, 0.1) is 7.11 Å². The van der Waals surface area contributed by atoms with Crippen LogP contribution in [0.1, 0.15) is 46.5 Å². The van der Waals surface area contributed by atoms with Crippen molar-refractivity contribution in [2.24, 2.45) is 5.92 Å². The number of benzene rings is 1. The highest BCUT2D eigenvalue weighted by molar-refractivity contribution is 7.18. The zero-order valence-electron chi connectivity index (χ0n) is 16.8. The van der Waals surface area contributed by atoms with Crippen molar-refractivity contribution in [3.05, 3.63) is 24.3 Å².